The van der Waals surface area contributed by atoms with Gasteiger partial charge in [-0.25, -0.2) is 0 Å². The first kappa shape index (κ1) is 10.8. The summed E-state index contributed by atoms with van der Waals surface area (Å²) in [4.78, 5) is 11.1. The Balaban J connectivity index is 0.000000845. The van der Waals surface area contributed by atoms with E-state index >= 15 is 0 Å². The maximum Gasteiger partial charge on any atom is 0.246 e. The second-order valence-electron chi connectivity index (χ2n) is 3.57. The molecule has 2 saturated heterocycles. The molecule has 0 aliphatic carbocycles. The fraction of sp³-hybridized carbons (Fsp3) is 0.875. The van der Waals surface area contributed by atoms with Crippen molar-refractivity contribution in [2.45, 2.75) is 18.4 Å². The van der Waals surface area contributed by atoms with E-state index in [4.69, 9.17) is 4.74 Å². The molecule has 0 saturated carbocycles. The maximum absolute atomic E-state index is 11.1. The Bertz CT molecular complexity index is 187. The molecular formula is C8H15ClN2O2. The number of halogens is 1. The lowest BCUT2D eigenvalue weighted by atomic mass is 9.88. The summed E-state index contributed by atoms with van der Waals surface area (Å²) in [7, 11) is 0. The summed E-state index contributed by atoms with van der Waals surface area (Å²) < 4.78 is 5.24. The van der Waals surface area contributed by atoms with Gasteiger partial charge in [-0.3, -0.25) is 4.79 Å². The van der Waals surface area contributed by atoms with Crippen molar-refractivity contribution in [3.8, 4) is 0 Å². The maximum atomic E-state index is 11.1. The summed E-state index contributed by atoms with van der Waals surface area (Å²) >= 11 is 0. The van der Waals surface area contributed by atoms with Crippen molar-refractivity contribution in [3.63, 3.8) is 0 Å². The normalized spacial score (nSPS) is 26.3. The van der Waals surface area contributed by atoms with E-state index in [2.05, 4.69) is 10.6 Å². The molecule has 0 aromatic heterocycles. The molecule has 2 heterocycles. The quantitative estimate of drug-likeness (QED) is 0.571. The van der Waals surface area contributed by atoms with E-state index in [1.54, 1.807) is 0 Å². The lowest BCUT2D eigenvalue weighted by Gasteiger charge is -2.40. The average molecular weight is 207 g/mol. The minimum atomic E-state index is -0.0550. The Hall–Kier alpha value is -0.320. The molecule has 2 fully saturated rings. The monoisotopic (exact) mass is 206 g/mol. The van der Waals surface area contributed by atoms with Crippen molar-refractivity contribution in [1.82, 2.24) is 10.6 Å². The number of carbonyl (C=O) groups excluding carboxylic acids is 1. The van der Waals surface area contributed by atoms with Crippen molar-refractivity contribution in [3.05, 3.63) is 0 Å². The zero-order valence-electron chi connectivity index (χ0n) is 7.47. The number of hydrogen-bond acceptors (Lipinski definition) is 3. The van der Waals surface area contributed by atoms with Gasteiger partial charge in [0, 0.05) is 0 Å². The molecule has 0 bridgehead atoms. The molecule has 0 atom stereocenters. The second-order valence-corrected chi connectivity index (χ2v) is 3.57. The highest BCUT2D eigenvalue weighted by atomic mass is 35.5. The number of nitrogens with one attached hydrogen (secondary N) is 2. The van der Waals surface area contributed by atoms with E-state index in [1.807, 2.05) is 0 Å². The Morgan fingerprint density at radius 1 is 1.31 bits per heavy atom. The van der Waals surface area contributed by atoms with Gasteiger partial charge in [-0.05, 0) is 25.9 Å². The van der Waals surface area contributed by atoms with Crippen LogP contribution in [0.25, 0.3) is 0 Å². The smallest absolute Gasteiger partial charge is 0.246 e. The zero-order chi connectivity index (χ0) is 8.44. The summed E-state index contributed by atoms with van der Waals surface area (Å²) in [6, 6.07) is 0. The molecule has 0 aromatic rings. The predicted octanol–water partition coefficient (Wildman–Crippen LogP) is -0.323. The third-order valence-corrected chi connectivity index (χ3v) is 2.58. The zero-order valence-corrected chi connectivity index (χ0v) is 8.28. The molecule has 5 heteroatoms. The first-order valence-electron chi connectivity index (χ1n) is 4.40. The van der Waals surface area contributed by atoms with Crippen LogP contribution >= 0.6 is 12.4 Å². The Morgan fingerprint density at radius 3 is 2.62 bits per heavy atom. The van der Waals surface area contributed by atoms with Gasteiger partial charge in [0.05, 0.1) is 12.1 Å². The summed E-state index contributed by atoms with van der Waals surface area (Å²) in [5.74, 6) is 0.0307. The highest BCUT2D eigenvalue weighted by molar-refractivity contribution is 5.85. The van der Waals surface area contributed by atoms with E-state index in [9.17, 15) is 4.79 Å². The average Bonchev–Trinajstić information content (AvgIpc) is 2.05. The van der Waals surface area contributed by atoms with Gasteiger partial charge in [-0.15, -0.1) is 12.4 Å². The van der Waals surface area contributed by atoms with Crippen molar-refractivity contribution in [2.75, 3.05) is 26.3 Å². The topological polar surface area (TPSA) is 50.4 Å². The van der Waals surface area contributed by atoms with Crippen molar-refractivity contribution in [2.24, 2.45) is 0 Å². The highest BCUT2D eigenvalue weighted by Crippen LogP contribution is 2.20. The number of piperidine rings is 1. The molecule has 76 valence electrons. The molecule has 2 N–H and O–H groups in total. The summed E-state index contributed by atoms with van der Waals surface area (Å²) in [6.45, 7) is 2.86. The minimum Gasteiger partial charge on any atom is -0.369 e. The van der Waals surface area contributed by atoms with Crippen LogP contribution in [0, 0.1) is 0 Å². The molecule has 0 aromatic carbocycles. The van der Waals surface area contributed by atoms with Gasteiger partial charge in [-0.2, -0.15) is 0 Å². The second kappa shape index (κ2) is 4.26. The van der Waals surface area contributed by atoms with Crippen LogP contribution in [0.3, 0.4) is 0 Å². The number of morpholine rings is 1. The molecule has 2 aliphatic heterocycles. The van der Waals surface area contributed by atoms with Crippen LogP contribution in [0.15, 0.2) is 0 Å². The van der Waals surface area contributed by atoms with Crippen molar-refractivity contribution >= 4 is 18.3 Å². The van der Waals surface area contributed by atoms with Gasteiger partial charge in [0.1, 0.15) is 6.61 Å². The number of carbonyl (C=O) groups is 1. The fourth-order valence-electron chi connectivity index (χ4n) is 1.88. The van der Waals surface area contributed by atoms with E-state index in [-0.39, 0.29) is 30.5 Å². The van der Waals surface area contributed by atoms with Gasteiger partial charge in [0.2, 0.25) is 5.91 Å². The first-order valence-corrected chi connectivity index (χ1v) is 4.40. The molecule has 2 aliphatic rings. The summed E-state index contributed by atoms with van der Waals surface area (Å²) in [5.41, 5.74) is -0.0550. The van der Waals surface area contributed by atoms with Crippen LogP contribution in [0.2, 0.25) is 0 Å². The number of rotatable bonds is 0. The molecule has 4 nitrogen and oxygen atoms in total. The lowest BCUT2D eigenvalue weighted by Crippen LogP contribution is -2.61. The van der Waals surface area contributed by atoms with Crippen LogP contribution in [-0.2, 0) is 9.53 Å². The van der Waals surface area contributed by atoms with E-state index in [0.29, 0.717) is 6.61 Å². The third-order valence-electron chi connectivity index (χ3n) is 2.58. The minimum absolute atomic E-state index is 0. The first-order chi connectivity index (χ1) is 5.81. The van der Waals surface area contributed by atoms with Gasteiger partial charge < -0.3 is 15.4 Å². The van der Waals surface area contributed by atoms with Crippen molar-refractivity contribution < 1.29 is 9.53 Å². The van der Waals surface area contributed by atoms with Crippen LogP contribution < -0.4 is 10.6 Å². The molecule has 0 unspecified atom stereocenters. The Morgan fingerprint density at radius 2 is 2.00 bits per heavy atom. The number of amides is 1. The van der Waals surface area contributed by atoms with E-state index < -0.39 is 0 Å². The van der Waals surface area contributed by atoms with Crippen LogP contribution in [-0.4, -0.2) is 37.7 Å². The van der Waals surface area contributed by atoms with Crippen LogP contribution in [0.5, 0.6) is 0 Å². The van der Waals surface area contributed by atoms with Gasteiger partial charge >= 0.3 is 0 Å². The van der Waals surface area contributed by atoms with Gasteiger partial charge in [0.15, 0.2) is 0 Å². The molecule has 2 rings (SSSR count). The summed E-state index contributed by atoms with van der Waals surface area (Å²) in [6.07, 6.45) is 1.97. The molecule has 0 radical (unpaired) electrons. The Kier molecular flexibility index (Phi) is 3.53. The lowest BCUT2D eigenvalue weighted by molar-refractivity contribution is -0.136. The fourth-order valence-corrected chi connectivity index (χ4v) is 1.88. The molecule has 1 amide bonds. The standard InChI is InChI=1S/C8H14N2O2.ClH/c11-7-5-12-6-8(10-7)1-3-9-4-2-8;/h9H,1-6H2,(H,10,11);1H. The predicted molar refractivity (Wildman–Crippen MR) is 51.0 cm³/mol. The van der Waals surface area contributed by atoms with Gasteiger partial charge in [-0.1, -0.05) is 0 Å². The van der Waals surface area contributed by atoms with Crippen LogP contribution in [0.4, 0.5) is 0 Å². The summed E-state index contributed by atoms with van der Waals surface area (Å²) in [5, 5.41) is 6.29. The highest BCUT2D eigenvalue weighted by Gasteiger charge is 2.36. The van der Waals surface area contributed by atoms with Gasteiger partial charge in [0.25, 0.3) is 0 Å². The van der Waals surface area contributed by atoms with Crippen molar-refractivity contribution in [1.29, 1.82) is 0 Å². The Labute approximate surface area is 83.8 Å². The SMILES string of the molecule is Cl.O=C1COCC2(CCNCC2)N1. The largest absolute Gasteiger partial charge is 0.369 e. The number of ether oxygens (including phenoxy) is 1. The third kappa shape index (κ3) is 2.33. The molecular weight excluding hydrogens is 192 g/mol. The number of hydrogen-bond donors (Lipinski definition) is 2. The van der Waals surface area contributed by atoms with E-state index in [1.165, 1.54) is 0 Å². The molecule has 1 spiro atoms. The van der Waals surface area contributed by atoms with Crippen LogP contribution in [0.1, 0.15) is 12.8 Å². The van der Waals surface area contributed by atoms with E-state index in [0.717, 1.165) is 25.9 Å². The molecule has 13 heavy (non-hydrogen) atoms.